The standard InChI is InChI=1S/C23H24O5/c1-23(2)19(12-17-8-9-26-21(17)24)20(23)22(25)28-14-16-11-18(27-13-16)10-15-6-4-3-5-7-15/h3-7,11-13,19-20H,8-10,14H2,1-2H3/t19-,20-/m0/s1. The number of ether oxygens (including phenoxy) is 2. The largest absolute Gasteiger partial charge is 0.469 e. The Morgan fingerprint density at radius 2 is 2.04 bits per heavy atom. The van der Waals surface area contributed by atoms with Crippen LogP contribution in [0.15, 0.2) is 58.7 Å². The number of carbonyl (C=O) groups is 2. The molecule has 0 amide bonds. The van der Waals surface area contributed by atoms with Crippen LogP contribution in [0.1, 0.15) is 37.2 Å². The minimum Gasteiger partial charge on any atom is -0.469 e. The minimum absolute atomic E-state index is 0.0126. The summed E-state index contributed by atoms with van der Waals surface area (Å²) in [7, 11) is 0. The number of esters is 2. The highest BCUT2D eigenvalue weighted by Crippen LogP contribution is 2.60. The lowest BCUT2D eigenvalue weighted by Gasteiger charge is -2.03. The number of carbonyl (C=O) groups excluding carboxylic acids is 2. The Bertz CT molecular complexity index is 906. The molecule has 1 aromatic heterocycles. The van der Waals surface area contributed by atoms with Crippen molar-refractivity contribution in [3.8, 4) is 0 Å². The summed E-state index contributed by atoms with van der Waals surface area (Å²) in [5.74, 6) is 0.122. The summed E-state index contributed by atoms with van der Waals surface area (Å²) in [6, 6.07) is 12.0. The Morgan fingerprint density at radius 3 is 2.75 bits per heavy atom. The van der Waals surface area contributed by atoms with Gasteiger partial charge in [0.15, 0.2) is 0 Å². The van der Waals surface area contributed by atoms with Crippen LogP contribution >= 0.6 is 0 Å². The van der Waals surface area contributed by atoms with Crippen molar-refractivity contribution in [3.05, 3.63) is 71.2 Å². The number of cyclic esters (lactones) is 1. The third-order valence-corrected chi connectivity index (χ3v) is 5.72. The maximum Gasteiger partial charge on any atom is 0.333 e. The van der Waals surface area contributed by atoms with Crippen LogP contribution in [0.25, 0.3) is 0 Å². The molecule has 0 radical (unpaired) electrons. The molecule has 146 valence electrons. The van der Waals surface area contributed by atoms with Crippen LogP contribution in [0.5, 0.6) is 0 Å². The molecule has 1 aromatic carbocycles. The van der Waals surface area contributed by atoms with Crippen LogP contribution < -0.4 is 0 Å². The van der Waals surface area contributed by atoms with Crippen molar-refractivity contribution in [1.29, 1.82) is 0 Å². The molecule has 28 heavy (non-hydrogen) atoms. The van der Waals surface area contributed by atoms with Crippen molar-refractivity contribution >= 4 is 11.9 Å². The molecule has 0 unspecified atom stereocenters. The van der Waals surface area contributed by atoms with Crippen molar-refractivity contribution in [3.63, 3.8) is 0 Å². The van der Waals surface area contributed by atoms with Crippen molar-refractivity contribution in [1.82, 2.24) is 0 Å². The van der Waals surface area contributed by atoms with Gasteiger partial charge in [0.2, 0.25) is 0 Å². The Kier molecular flexibility index (Phi) is 4.84. The lowest BCUT2D eigenvalue weighted by atomic mass is 10.1. The summed E-state index contributed by atoms with van der Waals surface area (Å²) in [4.78, 5) is 24.2. The van der Waals surface area contributed by atoms with Gasteiger partial charge in [-0.25, -0.2) is 4.79 Å². The van der Waals surface area contributed by atoms with Gasteiger partial charge in [-0.2, -0.15) is 0 Å². The first-order valence-corrected chi connectivity index (χ1v) is 9.60. The molecule has 2 atom stereocenters. The van der Waals surface area contributed by atoms with Gasteiger partial charge in [-0.3, -0.25) is 4.79 Å². The van der Waals surface area contributed by atoms with Gasteiger partial charge in [-0.15, -0.1) is 0 Å². The molecule has 2 fully saturated rings. The van der Waals surface area contributed by atoms with E-state index in [-0.39, 0.29) is 35.8 Å². The average Bonchev–Trinajstić information content (AvgIpc) is 3.03. The molecule has 1 aliphatic heterocycles. The average molecular weight is 380 g/mol. The highest BCUT2D eigenvalue weighted by Gasteiger charge is 2.61. The van der Waals surface area contributed by atoms with E-state index in [1.54, 1.807) is 6.26 Å². The van der Waals surface area contributed by atoms with Gasteiger partial charge in [0.25, 0.3) is 0 Å². The quantitative estimate of drug-likeness (QED) is 0.559. The lowest BCUT2D eigenvalue weighted by Crippen LogP contribution is -2.10. The van der Waals surface area contributed by atoms with Gasteiger partial charge in [0.1, 0.15) is 12.4 Å². The fourth-order valence-corrected chi connectivity index (χ4v) is 3.89. The summed E-state index contributed by atoms with van der Waals surface area (Å²) in [6.45, 7) is 4.67. The second-order valence-corrected chi connectivity index (χ2v) is 8.09. The number of allylic oxidation sites excluding steroid dienone is 1. The third-order valence-electron chi connectivity index (χ3n) is 5.72. The van der Waals surface area contributed by atoms with Crippen LogP contribution in [0, 0.1) is 17.3 Å². The Balaban J connectivity index is 1.33. The van der Waals surface area contributed by atoms with Crippen LogP contribution in [0.3, 0.4) is 0 Å². The predicted molar refractivity (Wildman–Crippen MR) is 102 cm³/mol. The van der Waals surface area contributed by atoms with E-state index < -0.39 is 0 Å². The molecule has 0 N–H and O–H groups in total. The molecular formula is C23H24O5. The monoisotopic (exact) mass is 380 g/mol. The van der Waals surface area contributed by atoms with Crippen molar-refractivity contribution in [2.45, 2.75) is 33.3 Å². The molecule has 1 saturated heterocycles. The summed E-state index contributed by atoms with van der Waals surface area (Å²) in [5.41, 5.74) is 2.48. The van der Waals surface area contributed by atoms with E-state index in [1.807, 2.05) is 56.3 Å². The van der Waals surface area contributed by atoms with Crippen LogP contribution in [-0.4, -0.2) is 18.5 Å². The lowest BCUT2D eigenvalue weighted by molar-refractivity contribution is -0.147. The predicted octanol–water partition coefficient (Wildman–Crippen LogP) is 4.06. The number of hydrogen-bond donors (Lipinski definition) is 0. The Hall–Kier alpha value is -2.82. The molecule has 2 aliphatic rings. The van der Waals surface area contributed by atoms with E-state index >= 15 is 0 Å². The normalized spacial score (nSPS) is 24.2. The fraction of sp³-hybridized carbons (Fsp3) is 0.391. The second kappa shape index (κ2) is 7.30. The number of furan rings is 1. The van der Waals surface area contributed by atoms with Gasteiger partial charge >= 0.3 is 11.9 Å². The van der Waals surface area contributed by atoms with Gasteiger partial charge in [-0.1, -0.05) is 50.3 Å². The van der Waals surface area contributed by atoms with Gasteiger partial charge < -0.3 is 13.9 Å². The summed E-state index contributed by atoms with van der Waals surface area (Å²) < 4.78 is 16.1. The van der Waals surface area contributed by atoms with Crippen molar-refractivity contribution in [2.75, 3.05) is 6.61 Å². The number of benzene rings is 1. The molecule has 2 aromatic rings. The van der Waals surface area contributed by atoms with Crippen molar-refractivity contribution in [2.24, 2.45) is 17.3 Å². The van der Waals surface area contributed by atoms with E-state index in [9.17, 15) is 9.59 Å². The van der Waals surface area contributed by atoms with Crippen LogP contribution in [0.4, 0.5) is 0 Å². The summed E-state index contributed by atoms with van der Waals surface area (Å²) in [6.07, 6.45) is 4.86. The second-order valence-electron chi connectivity index (χ2n) is 8.09. The van der Waals surface area contributed by atoms with Gasteiger partial charge in [0, 0.05) is 24.0 Å². The fourth-order valence-electron chi connectivity index (χ4n) is 3.89. The molecule has 4 rings (SSSR count). The number of rotatable bonds is 6. The zero-order chi connectivity index (χ0) is 19.7. The van der Waals surface area contributed by atoms with Gasteiger partial charge in [0.05, 0.1) is 18.8 Å². The molecule has 2 heterocycles. The van der Waals surface area contributed by atoms with E-state index in [0.717, 1.165) is 11.3 Å². The topological polar surface area (TPSA) is 65.7 Å². The highest BCUT2D eigenvalue weighted by atomic mass is 16.5. The summed E-state index contributed by atoms with van der Waals surface area (Å²) in [5, 5.41) is 0. The van der Waals surface area contributed by atoms with E-state index in [0.29, 0.717) is 25.0 Å². The zero-order valence-electron chi connectivity index (χ0n) is 16.1. The van der Waals surface area contributed by atoms with E-state index in [4.69, 9.17) is 13.9 Å². The SMILES string of the molecule is CC1(C)[C@H](C(=O)OCc2coc(Cc3ccccc3)c2)[C@@H]1C=C1CCOC1=O. The van der Waals surface area contributed by atoms with Crippen LogP contribution in [-0.2, 0) is 32.1 Å². The molecule has 5 heteroatoms. The molecule has 5 nitrogen and oxygen atoms in total. The first kappa shape index (κ1) is 18.5. The zero-order valence-corrected chi connectivity index (χ0v) is 16.1. The molecule has 1 aliphatic carbocycles. The number of hydrogen-bond acceptors (Lipinski definition) is 5. The molecule has 0 bridgehead atoms. The molecule has 1 saturated carbocycles. The Labute approximate surface area is 164 Å². The molecule has 0 spiro atoms. The smallest absolute Gasteiger partial charge is 0.333 e. The summed E-state index contributed by atoms with van der Waals surface area (Å²) >= 11 is 0. The first-order chi connectivity index (χ1) is 13.4. The highest BCUT2D eigenvalue weighted by molar-refractivity contribution is 5.90. The third kappa shape index (κ3) is 3.75. The van der Waals surface area contributed by atoms with Crippen LogP contribution in [0.2, 0.25) is 0 Å². The van der Waals surface area contributed by atoms with Crippen molar-refractivity contribution < 1.29 is 23.5 Å². The molecular weight excluding hydrogens is 356 g/mol. The van der Waals surface area contributed by atoms with Gasteiger partial charge in [-0.05, 0) is 23.0 Å². The van der Waals surface area contributed by atoms with E-state index in [2.05, 4.69) is 0 Å². The first-order valence-electron chi connectivity index (χ1n) is 9.60. The van der Waals surface area contributed by atoms with E-state index in [1.165, 1.54) is 5.56 Å². The minimum atomic E-state index is -0.265. The maximum atomic E-state index is 12.6. The Morgan fingerprint density at radius 1 is 1.25 bits per heavy atom. The maximum absolute atomic E-state index is 12.6.